The van der Waals surface area contributed by atoms with Gasteiger partial charge in [0.1, 0.15) is 0 Å². The Morgan fingerprint density at radius 3 is 2.88 bits per heavy atom. The van der Waals surface area contributed by atoms with Gasteiger partial charge in [0, 0.05) is 12.6 Å². The molecule has 0 aromatic carbocycles. The molecule has 1 aromatic rings. The van der Waals surface area contributed by atoms with Crippen LogP contribution in [0.3, 0.4) is 0 Å². The van der Waals surface area contributed by atoms with Crippen molar-refractivity contribution in [2.24, 2.45) is 0 Å². The van der Waals surface area contributed by atoms with E-state index < -0.39 is 0 Å². The minimum Gasteiger partial charge on any atom is -0.394 e. The standard InChI is InChI=1S/C10H14ClN5/c1-7(2)16(5-3-4-12)9-8(13)6-14-10(11)15-9/h6-7H,3,5,13H2,1-2H3. The number of nitriles is 1. The highest BCUT2D eigenvalue weighted by molar-refractivity contribution is 6.28. The van der Waals surface area contributed by atoms with Gasteiger partial charge in [-0.05, 0) is 25.4 Å². The Balaban J connectivity index is 3.01. The Hall–Kier alpha value is -1.54. The fourth-order valence-electron chi connectivity index (χ4n) is 1.37. The average Bonchev–Trinajstić information content (AvgIpc) is 2.23. The molecule has 0 unspecified atom stereocenters. The molecule has 0 aliphatic heterocycles. The lowest BCUT2D eigenvalue weighted by Gasteiger charge is -2.27. The molecule has 6 heteroatoms. The lowest BCUT2D eigenvalue weighted by atomic mass is 10.2. The molecule has 0 saturated carbocycles. The molecule has 2 N–H and O–H groups in total. The molecular formula is C10H14ClN5. The molecule has 0 amide bonds. The monoisotopic (exact) mass is 239 g/mol. The van der Waals surface area contributed by atoms with Crippen molar-refractivity contribution in [1.29, 1.82) is 5.26 Å². The Morgan fingerprint density at radius 1 is 1.62 bits per heavy atom. The van der Waals surface area contributed by atoms with Crippen LogP contribution in [0.2, 0.25) is 5.28 Å². The zero-order valence-corrected chi connectivity index (χ0v) is 10.1. The van der Waals surface area contributed by atoms with Crippen LogP contribution in [0.15, 0.2) is 6.20 Å². The summed E-state index contributed by atoms with van der Waals surface area (Å²) in [6.45, 7) is 4.59. The van der Waals surface area contributed by atoms with Gasteiger partial charge in [0.2, 0.25) is 5.28 Å². The predicted octanol–water partition coefficient (Wildman–Crippen LogP) is 1.84. The molecule has 0 radical (unpaired) electrons. The summed E-state index contributed by atoms with van der Waals surface area (Å²) in [5, 5.41) is 8.76. The van der Waals surface area contributed by atoms with Crippen LogP contribution in [0.4, 0.5) is 11.5 Å². The number of rotatable bonds is 4. The summed E-state index contributed by atoms with van der Waals surface area (Å²) in [6.07, 6.45) is 1.89. The van der Waals surface area contributed by atoms with Crippen molar-refractivity contribution in [2.75, 3.05) is 17.2 Å². The van der Waals surface area contributed by atoms with Gasteiger partial charge in [0.25, 0.3) is 0 Å². The maximum absolute atomic E-state index is 8.60. The van der Waals surface area contributed by atoms with Crippen molar-refractivity contribution in [3.05, 3.63) is 11.5 Å². The molecule has 1 aromatic heterocycles. The fraction of sp³-hybridized carbons (Fsp3) is 0.500. The summed E-state index contributed by atoms with van der Waals surface area (Å²) < 4.78 is 0. The SMILES string of the molecule is CC(C)N(CCC#N)c1nc(Cl)ncc1N. The van der Waals surface area contributed by atoms with E-state index in [4.69, 9.17) is 22.6 Å². The van der Waals surface area contributed by atoms with Crippen LogP contribution in [0.5, 0.6) is 0 Å². The Kier molecular flexibility index (Phi) is 4.32. The highest BCUT2D eigenvalue weighted by Crippen LogP contribution is 2.23. The first-order valence-electron chi connectivity index (χ1n) is 4.98. The highest BCUT2D eigenvalue weighted by Gasteiger charge is 2.15. The van der Waals surface area contributed by atoms with Gasteiger partial charge >= 0.3 is 0 Å². The largest absolute Gasteiger partial charge is 0.394 e. The minimum atomic E-state index is 0.159. The second-order valence-corrected chi connectivity index (χ2v) is 3.95. The first kappa shape index (κ1) is 12.5. The van der Waals surface area contributed by atoms with Gasteiger partial charge < -0.3 is 10.6 Å². The number of hydrogen-bond donors (Lipinski definition) is 1. The summed E-state index contributed by atoms with van der Waals surface area (Å²) >= 11 is 5.73. The molecule has 86 valence electrons. The van der Waals surface area contributed by atoms with Crippen LogP contribution in [0, 0.1) is 11.3 Å². The zero-order valence-electron chi connectivity index (χ0n) is 9.31. The number of anilines is 2. The number of nitrogens with two attached hydrogens (primary N) is 1. The summed E-state index contributed by atoms with van der Waals surface area (Å²) in [6, 6.07) is 2.29. The number of hydrogen-bond acceptors (Lipinski definition) is 5. The van der Waals surface area contributed by atoms with Crippen molar-refractivity contribution in [1.82, 2.24) is 9.97 Å². The van der Waals surface area contributed by atoms with Gasteiger partial charge in [-0.25, -0.2) is 4.98 Å². The van der Waals surface area contributed by atoms with E-state index in [1.54, 1.807) is 0 Å². The Morgan fingerprint density at radius 2 is 2.31 bits per heavy atom. The first-order chi connectivity index (χ1) is 7.56. The number of nitrogens with zero attached hydrogens (tertiary/aromatic N) is 4. The van der Waals surface area contributed by atoms with E-state index in [0.717, 1.165) is 0 Å². The summed E-state index contributed by atoms with van der Waals surface area (Å²) in [4.78, 5) is 9.83. The van der Waals surface area contributed by atoms with Gasteiger partial charge in [0.15, 0.2) is 5.82 Å². The third-order valence-electron chi connectivity index (χ3n) is 2.13. The van der Waals surface area contributed by atoms with E-state index in [1.807, 2.05) is 18.7 Å². The van der Waals surface area contributed by atoms with Crippen molar-refractivity contribution in [2.45, 2.75) is 26.3 Å². The van der Waals surface area contributed by atoms with Crippen LogP contribution in [0.1, 0.15) is 20.3 Å². The summed E-state index contributed by atoms with van der Waals surface area (Å²) in [5.41, 5.74) is 6.26. The number of halogens is 1. The van der Waals surface area contributed by atoms with E-state index >= 15 is 0 Å². The molecule has 0 atom stereocenters. The highest BCUT2D eigenvalue weighted by atomic mass is 35.5. The Bertz CT molecular complexity index is 399. The minimum absolute atomic E-state index is 0.159. The molecule has 1 heterocycles. The van der Waals surface area contributed by atoms with Crippen LogP contribution in [0.25, 0.3) is 0 Å². The average molecular weight is 240 g/mol. The van der Waals surface area contributed by atoms with E-state index in [1.165, 1.54) is 6.20 Å². The van der Waals surface area contributed by atoms with Crippen molar-refractivity contribution in [3.63, 3.8) is 0 Å². The molecule has 5 nitrogen and oxygen atoms in total. The smallest absolute Gasteiger partial charge is 0.224 e. The second-order valence-electron chi connectivity index (χ2n) is 3.61. The fourth-order valence-corrected chi connectivity index (χ4v) is 1.50. The van der Waals surface area contributed by atoms with Gasteiger partial charge in [-0.2, -0.15) is 10.2 Å². The lowest BCUT2D eigenvalue weighted by molar-refractivity contribution is 0.677. The van der Waals surface area contributed by atoms with Gasteiger partial charge in [-0.15, -0.1) is 0 Å². The van der Waals surface area contributed by atoms with Crippen molar-refractivity contribution >= 4 is 23.1 Å². The van der Waals surface area contributed by atoms with E-state index in [-0.39, 0.29) is 11.3 Å². The molecule has 0 bridgehead atoms. The molecule has 0 saturated heterocycles. The third kappa shape index (κ3) is 2.97. The van der Waals surface area contributed by atoms with Gasteiger partial charge in [-0.1, -0.05) is 0 Å². The van der Waals surface area contributed by atoms with Crippen LogP contribution in [-0.4, -0.2) is 22.6 Å². The molecule has 16 heavy (non-hydrogen) atoms. The summed E-state index contributed by atoms with van der Waals surface area (Å²) in [7, 11) is 0. The molecule has 0 fully saturated rings. The molecule has 0 aliphatic carbocycles. The van der Waals surface area contributed by atoms with Crippen LogP contribution < -0.4 is 10.6 Å². The molecule has 0 aliphatic rings. The zero-order chi connectivity index (χ0) is 12.1. The third-order valence-corrected chi connectivity index (χ3v) is 2.31. The lowest BCUT2D eigenvalue weighted by Crippen LogP contribution is -2.33. The normalized spacial score (nSPS) is 10.2. The van der Waals surface area contributed by atoms with Crippen LogP contribution in [-0.2, 0) is 0 Å². The van der Waals surface area contributed by atoms with Crippen molar-refractivity contribution < 1.29 is 0 Å². The summed E-state index contributed by atoms with van der Waals surface area (Å²) in [5.74, 6) is 0.588. The quantitative estimate of drug-likeness (QED) is 0.811. The first-order valence-corrected chi connectivity index (χ1v) is 5.35. The number of aromatic nitrogens is 2. The van der Waals surface area contributed by atoms with Crippen LogP contribution >= 0.6 is 11.6 Å². The van der Waals surface area contributed by atoms with Gasteiger partial charge in [-0.3, -0.25) is 0 Å². The van der Waals surface area contributed by atoms with E-state index in [9.17, 15) is 0 Å². The predicted molar refractivity (Wildman–Crippen MR) is 64.2 cm³/mol. The second kappa shape index (κ2) is 5.52. The topological polar surface area (TPSA) is 78.8 Å². The molecular weight excluding hydrogens is 226 g/mol. The number of nitrogen functional groups attached to an aromatic ring is 1. The molecule has 1 rings (SSSR count). The maximum Gasteiger partial charge on any atom is 0.224 e. The maximum atomic E-state index is 8.60. The van der Waals surface area contributed by atoms with E-state index in [2.05, 4.69) is 16.0 Å². The molecule has 0 spiro atoms. The van der Waals surface area contributed by atoms with Gasteiger partial charge in [0.05, 0.1) is 24.4 Å². The van der Waals surface area contributed by atoms with Crippen molar-refractivity contribution in [3.8, 4) is 6.07 Å². The van der Waals surface area contributed by atoms with E-state index in [0.29, 0.717) is 24.5 Å². The Labute approximate surface area is 99.9 Å².